The number of carbonyl (C=O) groups is 1. The van der Waals surface area contributed by atoms with Crippen molar-refractivity contribution in [3.63, 3.8) is 0 Å². The first-order valence-electron chi connectivity index (χ1n) is 5.95. The Labute approximate surface area is 114 Å². The van der Waals surface area contributed by atoms with Crippen LogP contribution in [0.1, 0.15) is 18.4 Å². The maximum atomic E-state index is 13.3. The highest BCUT2D eigenvalue weighted by Crippen LogP contribution is 2.34. The van der Waals surface area contributed by atoms with Crippen molar-refractivity contribution in [2.45, 2.75) is 12.8 Å². The highest BCUT2D eigenvalue weighted by Gasteiger charge is 2.36. The van der Waals surface area contributed by atoms with Gasteiger partial charge in [0.25, 0.3) is 0 Å². The molecule has 2 unspecified atom stereocenters. The molecule has 1 aliphatic heterocycles. The standard InChI is InChI=1S/C13H15BrFNO2/c1-2-18-13(17)11-7-16-6-10(11)9-5-8(15)3-4-12(9)14/h3-5,10-11,16H,2,6-7H2,1H3. The minimum Gasteiger partial charge on any atom is -0.466 e. The number of nitrogens with one attached hydrogen (secondary N) is 1. The van der Waals surface area contributed by atoms with Gasteiger partial charge in [0.05, 0.1) is 12.5 Å². The third-order valence-corrected chi connectivity index (χ3v) is 3.88. The number of halogens is 2. The number of hydrogen-bond acceptors (Lipinski definition) is 3. The van der Waals surface area contributed by atoms with Crippen molar-refractivity contribution >= 4 is 21.9 Å². The second-order valence-corrected chi connectivity index (χ2v) is 5.14. The second kappa shape index (κ2) is 5.80. The fourth-order valence-corrected chi connectivity index (χ4v) is 2.84. The average Bonchev–Trinajstić information content (AvgIpc) is 2.81. The quantitative estimate of drug-likeness (QED) is 0.871. The summed E-state index contributed by atoms with van der Waals surface area (Å²) in [7, 11) is 0. The van der Waals surface area contributed by atoms with Crippen LogP contribution in [-0.4, -0.2) is 25.7 Å². The van der Waals surface area contributed by atoms with Crippen LogP contribution in [0.4, 0.5) is 4.39 Å². The van der Waals surface area contributed by atoms with E-state index in [0.717, 1.165) is 10.0 Å². The second-order valence-electron chi connectivity index (χ2n) is 4.29. The summed E-state index contributed by atoms with van der Waals surface area (Å²) in [4.78, 5) is 11.9. The van der Waals surface area contributed by atoms with E-state index in [1.54, 1.807) is 13.0 Å². The van der Waals surface area contributed by atoms with Crippen LogP contribution >= 0.6 is 15.9 Å². The van der Waals surface area contributed by atoms with E-state index >= 15 is 0 Å². The molecule has 0 spiro atoms. The van der Waals surface area contributed by atoms with Crippen LogP contribution in [0, 0.1) is 11.7 Å². The SMILES string of the molecule is CCOC(=O)C1CNCC1c1cc(F)ccc1Br. The third-order valence-electron chi connectivity index (χ3n) is 3.16. The Morgan fingerprint density at radius 2 is 2.33 bits per heavy atom. The lowest BCUT2D eigenvalue weighted by molar-refractivity contribution is -0.147. The summed E-state index contributed by atoms with van der Waals surface area (Å²) in [5.41, 5.74) is 0.818. The fraction of sp³-hybridized carbons (Fsp3) is 0.462. The van der Waals surface area contributed by atoms with E-state index in [4.69, 9.17) is 4.74 Å². The van der Waals surface area contributed by atoms with Crippen LogP contribution in [-0.2, 0) is 9.53 Å². The Kier molecular flexibility index (Phi) is 4.35. The maximum absolute atomic E-state index is 13.3. The Morgan fingerprint density at radius 1 is 1.56 bits per heavy atom. The van der Waals surface area contributed by atoms with Crippen LogP contribution in [0.15, 0.2) is 22.7 Å². The topological polar surface area (TPSA) is 38.3 Å². The Balaban J connectivity index is 2.25. The largest absolute Gasteiger partial charge is 0.466 e. The van der Waals surface area contributed by atoms with Crippen LogP contribution in [0.5, 0.6) is 0 Å². The van der Waals surface area contributed by atoms with Gasteiger partial charge in [-0.15, -0.1) is 0 Å². The number of carbonyl (C=O) groups excluding carboxylic acids is 1. The summed E-state index contributed by atoms with van der Waals surface area (Å²) in [6.45, 7) is 3.39. The molecule has 2 atom stereocenters. The van der Waals surface area contributed by atoms with Gasteiger partial charge in [-0.1, -0.05) is 15.9 Å². The predicted molar refractivity (Wildman–Crippen MR) is 69.8 cm³/mol. The van der Waals surface area contributed by atoms with E-state index in [2.05, 4.69) is 21.2 Å². The molecule has 1 N–H and O–H groups in total. The molecule has 0 radical (unpaired) electrons. The minimum atomic E-state index is -0.289. The van der Waals surface area contributed by atoms with E-state index in [0.29, 0.717) is 19.7 Å². The number of benzene rings is 1. The van der Waals surface area contributed by atoms with Crippen LogP contribution in [0.25, 0.3) is 0 Å². The molecule has 98 valence electrons. The molecule has 2 rings (SSSR count). The van der Waals surface area contributed by atoms with Gasteiger partial charge in [0.15, 0.2) is 0 Å². The lowest BCUT2D eigenvalue weighted by atomic mass is 9.89. The molecule has 0 aromatic heterocycles. The third kappa shape index (κ3) is 2.72. The molecule has 1 aliphatic rings. The number of rotatable bonds is 3. The number of hydrogen-bond donors (Lipinski definition) is 1. The van der Waals surface area contributed by atoms with Gasteiger partial charge < -0.3 is 10.1 Å². The van der Waals surface area contributed by atoms with Gasteiger partial charge in [0.2, 0.25) is 0 Å². The van der Waals surface area contributed by atoms with E-state index < -0.39 is 0 Å². The van der Waals surface area contributed by atoms with Crippen molar-refractivity contribution in [3.8, 4) is 0 Å². The number of esters is 1. The molecular weight excluding hydrogens is 301 g/mol. The first-order chi connectivity index (χ1) is 8.63. The molecule has 1 aromatic carbocycles. The summed E-state index contributed by atoms with van der Waals surface area (Å²) < 4.78 is 19.2. The van der Waals surface area contributed by atoms with Crippen molar-refractivity contribution in [1.29, 1.82) is 0 Å². The smallest absolute Gasteiger partial charge is 0.310 e. The van der Waals surface area contributed by atoms with E-state index in [1.807, 2.05) is 0 Å². The molecule has 0 amide bonds. The fourth-order valence-electron chi connectivity index (χ4n) is 2.30. The zero-order valence-electron chi connectivity index (χ0n) is 10.1. The first-order valence-corrected chi connectivity index (χ1v) is 6.75. The summed E-state index contributed by atoms with van der Waals surface area (Å²) >= 11 is 3.41. The van der Waals surface area contributed by atoms with Crippen molar-refractivity contribution in [2.75, 3.05) is 19.7 Å². The summed E-state index contributed by atoms with van der Waals surface area (Å²) in [6.07, 6.45) is 0. The minimum absolute atomic E-state index is 0.0471. The molecule has 3 nitrogen and oxygen atoms in total. The van der Waals surface area contributed by atoms with Gasteiger partial charge in [0, 0.05) is 23.5 Å². The van der Waals surface area contributed by atoms with Crippen LogP contribution < -0.4 is 5.32 Å². The van der Waals surface area contributed by atoms with Gasteiger partial charge in [-0.3, -0.25) is 4.79 Å². The molecule has 1 heterocycles. The molecule has 1 fully saturated rings. The van der Waals surface area contributed by atoms with Crippen molar-refractivity contribution in [2.24, 2.45) is 5.92 Å². The van der Waals surface area contributed by atoms with Crippen molar-refractivity contribution in [1.82, 2.24) is 5.32 Å². The predicted octanol–water partition coefficient (Wildman–Crippen LogP) is 2.45. The van der Waals surface area contributed by atoms with E-state index in [9.17, 15) is 9.18 Å². The van der Waals surface area contributed by atoms with E-state index in [-0.39, 0.29) is 23.6 Å². The molecule has 1 saturated heterocycles. The van der Waals surface area contributed by atoms with Gasteiger partial charge in [-0.25, -0.2) is 4.39 Å². The highest BCUT2D eigenvalue weighted by molar-refractivity contribution is 9.10. The first kappa shape index (κ1) is 13.5. The van der Waals surface area contributed by atoms with Gasteiger partial charge in [-0.2, -0.15) is 0 Å². The Bertz CT molecular complexity index is 453. The van der Waals surface area contributed by atoms with Gasteiger partial charge in [0.1, 0.15) is 5.82 Å². The van der Waals surface area contributed by atoms with E-state index in [1.165, 1.54) is 12.1 Å². The normalized spacial score (nSPS) is 23.1. The summed E-state index contributed by atoms with van der Waals surface area (Å²) in [6, 6.07) is 4.55. The Morgan fingerprint density at radius 3 is 3.06 bits per heavy atom. The van der Waals surface area contributed by atoms with Gasteiger partial charge >= 0.3 is 5.97 Å². The Hall–Kier alpha value is -0.940. The van der Waals surface area contributed by atoms with Crippen LogP contribution in [0.3, 0.4) is 0 Å². The van der Waals surface area contributed by atoms with Crippen LogP contribution in [0.2, 0.25) is 0 Å². The van der Waals surface area contributed by atoms with Crippen molar-refractivity contribution < 1.29 is 13.9 Å². The van der Waals surface area contributed by atoms with Crippen molar-refractivity contribution in [3.05, 3.63) is 34.1 Å². The molecule has 1 aromatic rings. The maximum Gasteiger partial charge on any atom is 0.310 e. The molecule has 0 saturated carbocycles. The molecular formula is C13H15BrFNO2. The zero-order chi connectivity index (χ0) is 13.1. The number of ether oxygens (including phenoxy) is 1. The molecule has 5 heteroatoms. The zero-order valence-corrected chi connectivity index (χ0v) is 11.7. The average molecular weight is 316 g/mol. The lowest BCUT2D eigenvalue weighted by Gasteiger charge is -2.18. The summed E-state index contributed by atoms with van der Waals surface area (Å²) in [5.74, 6) is -0.802. The molecule has 0 bridgehead atoms. The monoisotopic (exact) mass is 315 g/mol. The van der Waals surface area contributed by atoms with Gasteiger partial charge in [-0.05, 0) is 30.7 Å². The lowest BCUT2D eigenvalue weighted by Crippen LogP contribution is -2.24. The molecule has 18 heavy (non-hydrogen) atoms. The molecule has 0 aliphatic carbocycles. The highest BCUT2D eigenvalue weighted by atomic mass is 79.9. The summed E-state index contributed by atoms with van der Waals surface area (Å²) in [5, 5.41) is 3.16.